The summed E-state index contributed by atoms with van der Waals surface area (Å²) in [6.45, 7) is 5.75. The van der Waals surface area contributed by atoms with E-state index in [2.05, 4.69) is 5.32 Å². The van der Waals surface area contributed by atoms with Gasteiger partial charge in [0.25, 0.3) is 5.91 Å². The van der Waals surface area contributed by atoms with E-state index in [-0.39, 0.29) is 35.8 Å². The van der Waals surface area contributed by atoms with Crippen LogP contribution in [-0.4, -0.2) is 22.3 Å². The summed E-state index contributed by atoms with van der Waals surface area (Å²) >= 11 is 7.20. The third kappa shape index (κ3) is 5.35. The van der Waals surface area contributed by atoms with Gasteiger partial charge in [-0.3, -0.25) is 9.59 Å². The fraction of sp³-hybridized carbons (Fsp3) is 0.333. The smallest absolute Gasteiger partial charge is 0.261 e. The third-order valence-corrected chi connectivity index (χ3v) is 4.41. The molecule has 0 unspecified atom stereocenters. The molecule has 1 heterocycles. The van der Waals surface area contributed by atoms with Crippen LogP contribution in [-0.2, 0) is 17.6 Å². The molecule has 0 spiro atoms. The predicted octanol–water partition coefficient (Wildman–Crippen LogP) is 3.99. The standard InChI is InChI=1S/C18H20ClNO3S/c1-18(2,3)20-17(23)16-7-11(10-24-16)6-14(21)9-12-8-13(19)4-5-15(12)22/h4-5,7-8,10,22H,6,9H2,1-3H3,(H,20,23). The van der Waals surface area contributed by atoms with E-state index in [1.54, 1.807) is 18.2 Å². The maximum absolute atomic E-state index is 12.2. The van der Waals surface area contributed by atoms with Gasteiger partial charge in [-0.2, -0.15) is 0 Å². The van der Waals surface area contributed by atoms with Crippen molar-refractivity contribution >= 4 is 34.6 Å². The van der Waals surface area contributed by atoms with Gasteiger partial charge in [-0.25, -0.2) is 0 Å². The Bertz CT molecular complexity index is 762. The number of benzene rings is 1. The molecule has 2 rings (SSSR count). The van der Waals surface area contributed by atoms with E-state index in [9.17, 15) is 14.7 Å². The maximum Gasteiger partial charge on any atom is 0.261 e. The lowest BCUT2D eigenvalue weighted by Gasteiger charge is -2.19. The fourth-order valence-electron chi connectivity index (χ4n) is 2.19. The first-order valence-electron chi connectivity index (χ1n) is 7.53. The SMILES string of the molecule is CC(C)(C)NC(=O)c1cc(CC(=O)Cc2cc(Cl)ccc2O)cs1. The van der Waals surface area contributed by atoms with Crippen molar-refractivity contribution in [3.63, 3.8) is 0 Å². The Hall–Kier alpha value is -1.85. The highest BCUT2D eigenvalue weighted by Crippen LogP contribution is 2.23. The molecule has 4 nitrogen and oxygen atoms in total. The zero-order valence-corrected chi connectivity index (χ0v) is 15.4. The van der Waals surface area contributed by atoms with Crippen LogP contribution in [0.15, 0.2) is 29.6 Å². The summed E-state index contributed by atoms with van der Waals surface area (Å²) in [7, 11) is 0. The predicted molar refractivity (Wildman–Crippen MR) is 97.1 cm³/mol. The van der Waals surface area contributed by atoms with Crippen molar-refractivity contribution in [3.05, 3.63) is 50.7 Å². The molecule has 0 aliphatic rings. The largest absolute Gasteiger partial charge is 0.508 e. The Morgan fingerprint density at radius 1 is 1.21 bits per heavy atom. The maximum atomic E-state index is 12.2. The number of hydrogen-bond donors (Lipinski definition) is 2. The molecular formula is C18H20ClNO3S. The number of amides is 1. The van der Waals surface area contributed by atoms with Crippen molar-refractivity contribution in [2.45, 2.75) is 39.2 Å². The third-order valence-electron chi connectivity index (χ3n) is 3.20. The van der Waals surface area contributed by atoms with Gasteiger partial charge >= 0.3 is 0 Å². The van der Waals surface area contributed by atoms with Crippen molar-refractivity contribution in [2.24, 2.45) is 0 Å². The number of carbonyl (C=O) groups is 2. The molecule has 1 aromatic heterocycles. The monoisotopic (exact) mass is 365 g/mol. The van der Waals surface area contributed by atoms with Crippen molar-refractivity contribution in [1.82, 2.24) is 5.32 Å². The average molecular weight is 366 g/mol. The number of phenols is 1. The molecule has 0 saturated carbocycles. The van der Waals surface area contributed by atoms with E-state index in [1.165, 1.54) is 17.4 Å². The summed E-state index contributed by atoms with van der Waals surface area (Å²) < 4.78 is 0. The average Bonchev–Trinajstić information content (AvgIpc) is 2.89. The molecule has 0 radical (unpaired) electrons. The van der Waals surface area contributed by atoms with E-state index in [0.717, 1.165) is 5.56 Å². The van der Waals surface area contributed by atoms with Crippen molar-refractivity contribution in [2.75, 3.05) is 0 Å². The number of hydrogen-bond acceptors (Lipinski definition) is 4. The van der Waals surface area contributed by atoms with Crippen molar-refractivity contribution in [1.29, 1.82) is 0 Å². The number of nitrogens with one attached hydrogen (secondary N) is 1. The summed E-state index contributed by atoms with van der Waals surface area (Å²) in [4.78, 5) is 24.9. The highest BCUT2D eigenvalue weighted by atomic mass is 35.5. The lowest BCUT2D eigenvalue weighted by atomic mass is 10.0. The minimum atomic E-state index is -0.304. The normalized spacial score (nSPS) is 11.3. The lowest BCUT2D eigenvalue weighted by molar-refractivity contribution is -0.117. The molecule has 6 heteroatoms. The Kier molecular flexibility index (Phi) is 5.67. The number of phenolic OH excluding ortho intramolecular Hbond substituents is 1. The summed E-state index contributed by atoms with van der Waals surface area (Å²) in [5, 5.41) is 15.0. The second kappa shape index (κ2) is 7.36. The molecule has 1 amide bonds. The second-order valence-corrected chi connectivity index (χ2v) is 8.04. The number of halogens is 1. The molecule has 0 aliphatic heterocycles. The van der Waals surface area contributed by atoms with Crippen LogP contribution in [0.5, 0.6) is 5.75 Å². The van der Waals surface area contributed by atoms with Crippen LogP contribution in [0.1, 0.15) is 41.6 Å². The first kappa shape index (κ1) is 18.5. The van der Waals surface area contributed by atoms with Gasteiger partial charge in [-0.1, -0.05) is 11.6 Å². The Balaban J connectivity index is 2.00. The Morgan fingerprint density at radius 3 is 2.58 bits per heavy atom. The molecule has 0 aliphatic carbocycles. The molecule has 0 atom stereocenters. The van der Waals surface area contributed by atoms with Crippen LogP contribution in [0.4, 0.5) is 0 Å². The molecule has 0 fully saturated rings. The van der Waals surface area contributed by atoms with Crippen LogP contribution in [0.2, 0.25) is 5.02 Å². The zero-order valence-electron chi connectivity index (χ0n) is 13.9. The van der Waals surface area contributed by atoms with E-state index in [4.69, 9.17) is 11.6 Å². The number of rotatable bonds is 5. The topological polar surface area (TPSA) is 66.4 Å². The van der Waals surface area contributed by atoms with Crippen LogP contribution in [0, 0.1) is 0 Å². The Labute approximate surface area is 150 Å². The summed E-state index contributed by atoms with van der Waals surface area (Å²) in [6, 6.07) is 6.38. The number of Topliss-reactive ketones (excluding diaryl/α,β-unsaturated/α-hetero) is 1. The summed E-state index contributed by atoms with van der Waals surface area (Å²) in [5.41, 5.74) is 1.00. The van der Waals surface area contributed by atoms with Crippen LogP contribution < -0.4 is 5.32 Å². The lowest BCUT2D eigenvalue weighted by Crippen LogP contribution is -2.40. The minimum Gasteiger partial charge on any atom is -0.508 e. The van der Waals surface area contributed by atoms with Gasteiger partial charge in [0.2, 0.25) is 0 Å². The number of thiophene rings is 1. The second-order valence-electron chi connectivity index (χ2n) is 6.69. The molecule has 2 aromatic rings. The van der Waals surface area contributed by atoms with E-state index < -0.39 is 0 Å². The first-order valence-corrected chi connectivity index (χ1v) is 8.79. The molecule has 2 N–H and O–H groups in total. The quantitative estimate of drug-likeness (QED) is 0.841. The highest BCUT2D eigenvalue weighted by Gasteiger charge is 2.17. The molecule has 24 heavy (non-hydrogen) atoms. The van der Waals surface area contributed by atoms with Crippen molar-refractivity contribution < 1.29 is 14.7 Å². The van der Waals surface area contributed by atoms with E-state index in [0.29, 0.717) is 15.5 Å². The number of aromatic hydroxyl groups is 1. The number of ketones is 1. The van der Waals surface area contributed by atoms with Gasteiger partial charge in [0.05, 0.1) is 4.88 Å². The van der Waals surface area contributed by atoms with Crippen LogP contribution in [0.3, 0.4) is 0 Å². The van der Waals surface area contributed by atoms with Gasteiger partial charge in [0.1, 0.15) is 11.5 Å². The van der Waals surface area contributed by atoms with E-state index in [1.807, 2.05) is 26.2 Å². The van der Waals surface area contributed by atoms with Gasteiger partial charge in [0.15, 0.2) is 0 Å². The van der Waals surface area contributed by atoms with Gasteiger partial charge in [-0.15, -0.1) is 11.3 Å². The zero-order chi connectivity index (χ0) is 17.9. The summed E-state index contributed by atoms with van der Waals surface area (Å²) in [6.07, 6.45) is 0.316. The number of carbonyl (C=O) groups excluding carboxylic acids is 2. The van der Waals surface area contributed by atoms with Gasteiger partial charge < -0.3 is 10.4 Å². The Morgan fingerprint density at radius 2 is 1.92 bits per heavy atom. The molecule has 0 bridgehead atoms. The van der Waals surface area contributed by atoms with Crippen LogP contribution >= 0.6 is 22.9 Å². The molecule has 128 valence electrons. The van der Waals surface area contributed by atoms with Crippen LogP contribution in [0.25, 0.3) is 0 Å². The van der Waals surface area contributed by atoms with Gasteiger partial charge in [0, 0.05) is 29.0 Å². The molecule has 1 aromatic carbocycles. The first-order chi connectivity index (χ1) is 11.1. The highest BCUT2D eigenvalue weighted by molar-refractivity contribution is 7.12. The van der Waals surface area contributed by atoms with E-state index >= 15 is 0 Å². The minimum absolute atomic E-state index is 0.0480. The van der Waals surface area contributed by atoms with Crippen molar-refractivity contribution in [3.8, 4) is 5.75 Å². The molecular weight excluding hydrogens is 346 g/mol. The molecule has 0 saturated heterocycles. The summed E-state index contributed by atoms with van der Waals surface area (Å²) in [5.74, 6) is -0.129. The van der Waals surface area contributed by atoms with Gasteiger partial charge in [-0.05, 0) is 56.0 Å². The fourth-order valence-corrected chi connectivity index (χ4v) is 3.19.